The third kappa shape index (κ3) is 1.30. The minimum absolute atomic E-state index is 0.387. The van der Waals surface area contributed by atoms with E-state index < -0.39 is 23.5 Å². The van der Waals surface area contributed by atoms with Crippen molar-refractivity contribution in [2.24, 2.45) is 0 Å². The first-order valence-electron chi connectivity index (χ1n) is 5.69. The van der Waals surface area contributed by atoms with Gasteiger partial charge in [0.1, 0.15) is 11.5 Å². The summed E-state index contributed by atoms with van der Waals surface area (Å²) in [5, 5.41) is 9.38. The van der Waals surface area contributed by atoms with Crippen LogP contribution >= 0.6 is 0 Å². The van der Waals surface area contributed by atoms with Crippen molar-refractivity contribution in [2.75, 3.05) is 0 Å². The summed E-state index contributed by atoms with van der Waals surface area (Å²) in [7, 11) is 0. The summed E-state index contributed by atoms with van der Waals surface area (Å²) >= 11 is 0. The highest BCUT2D eigenvalue weighted by Crippen LogP contribution is 2.50. The van der Waals surface area contributed by atoms with E-state index in [4.69, 9.17) is 4.74 Å². The number of hydrogen-bond acceptors (Lipinski definition) is 3. The van der Waals surface area contributed by atoms with Gasteiger partial charge in [0, 0.05) is 0 Å². The summed E-state index contributed by atoms with van der Waals surface area (Å²) in [5.74, 6) is -2.02. The molecule has 1 unspecified atom stereocenters. The highest BCUT2D eigenvalue weighted by atomic mass is 16.6. The molecule has 1 aromatic carbocycles. The summed E-state index contributed by atoms with van der Waals surface area (Å²) in [6.45, 7) is 0. The Labute approximate surface area is 98.2 Å². The number of carboxylic acids is 1. The van der Waals surface area contributed by atoms with E-state index >= 15 is 0 Å². The van der Waals surface area contributed by atoms with Crippen LogP contribution in [0.2, 0.25) is 0 Å². The van der Waals surface area contributed by atoms with Gasteiger partial charge in [0.25, 0.3) is 0 Å². The number of ether oxygens (including phenoxy) is 1. The number of carbonyl (C=O) groups is 2. The van der Waals surface area contributed by atoms with Crippen molar-refractivity contribution in [3.05, 3.63) is 35.4 Å². The maximum Gasteiger partial charge on any atom is 0.339 e. The second-order valence-electron chi connectivity index (χ2n) is 4.67. The Bertz CT molecular complexity index is 502. The minimum atomic E-state index is -0.912. The van der Waals surface area contributed by atoms with E-state index in [0.717, 1.165) is 6.42 Å². The van der Waals surface area contributed by atoms with Gasteiger partial charge in [0.05, 0.1) is 5.56 Å². The van der Waals surface area contributed by atoms with Crippen molar-refractivity contribution in [1.82, 2.24) is 0 Å². The smallest absolute Gasteiger partial charge is 0.339 e. The lowest BCUT2D eigenvalue weighted by Gasteiger charge is -2.47. The molecule has 1 N–H and O–H groups in total. The number of carboxylic acid groups (broad SMARTS) is 1. The van der Waals surface area contributed by atoms with Crippen molar-refractivity contribution in [1.29, 1.82) is 0 Å². The third-order valence-corrected chi connectivity index (χ3v) is 3.76. The molecule has 1 saturated carbocycles. The van der Waals surface area contributed by atoms with Crippen LogP contribution in [0.3, 0.4) is 0 Å². The van der Waals surface area contributed by atoms with Crippen LogP contribution in [0.4, 0.5) is 0 Å². The van der Waals surface area contributed by atoms with E-state index in [-0.39, 0.29) is 0 Å². The summed E-state index contributed by atoms with van der Waals surface area (Å²) < 4.78 is 5.39. The Kier molecular flexibility index (Phi) is 2.02. The van der Waals surface area contributed by atoms with Crippen LogP contribution in [0.1, 0.15) is 41.1 Å². The van der Waals surface area contributed by atoms with Gasteiger partial charge in [-0.05, 0) is 30.9 Å². The number of carbonyl (C=O) groups excluding carboxylic acids is 1. The van der Waals surface area contributed by atoms with Crippen LogP contribution in [-0.4, -0.2) is 22.6 Å². The highest BCUT2D eigenvalue weighted by molar-refractivity contribution is 5.96. The molecule has 0 saturated heterocycles. The van der Waals surface area contributed by atoms with Gasteiger partial charge >= 0.3 is 11.9 Å². The number of hydrogen-bond donors (Lipinski definition) is 1. The first-order valence-corrected chi connectivity index (χ1v) is 5.69. The topological polar surface area (TPSA) is 63.6 Å². The van der Waals surface area contributed by atoms with Crippen LogP contribution < -0.4 is 0 Å². The largest absolute Gasteiger partial charge is 0.481 e. The molecule has 1 heterocycles. The molecule has 4 heteroatoms. The molecule has 1 aliphatic heterocycles. The summed E-state index contributed by atoms with van der Waals surface area (Å²) in [4.78, 5) is 23.3. The SMILES string of the molecule is O=C1OC2(CCC2)C(C(=O)O)c2ccccc21. The van der Waals surface area contributed by atoms with Crippen molar-refractivity contribution < 1.29 is 19.4 Å². The average Bonchev–Trinajstić information content (AvgIpc) is 2.26. The monoisotopic (exact) mass is 232 g/mol. The van der Waals surface area contributed by atoms with Crippen LogP contribution in [0, 0.1) is 0 Å². The van der Waals surface area contributed by atoms with Gasteiger partial charge in [-0.15, -0.1) is 0 Å². The quantitative estimate of drug-likeness (QED) is 0.751. The second-order valence-corrected chi connectivity index (χ2v) is 4.67. The lowest BCUT2D eigenvalue weighted by atomic mass is 9.66. The van der Waals surface area contributed by atoms with Gasteiger partial charge < -0.3 is 9.84 Å². The number of esters is 1. The highest BCUT2D eigenvalue weighted by Gasteiger charge is 2.55. The van der Waals surface area contributed by atoms with Crippen molar-refractivity contribution in [3.63, 3.8) is 0 Å². The molecular weight excluding hydrogens is 220 g/mol. The lowest BCUT2D eigenvalue weighted by molar-refractivity contribution is -0.153. The molecule has 88 valence electrons. The summed E-state index contributed by atoms with van der Waals surface area (Å²) in [5.41, 5.74) is 0.186. The molecular formula is C13H12O4. The maximum atomic E-state index is 11.8. The fraction of sp³-hybridized carbons (Fsp3) is 0.385. The van der Waals surface area contributed by atoms with E-state index in [0.29, 0.717) is 24.0 Å². The molecule has 0 amide bonds. The maximum absolute atomic E-state index is 11.8. The van der Waals surface area contributed by atoms with Crippen molar-refractivity contribution >= 4 is 11.9 Å². The Balaban J connectivity index is 2.17. The average molecular weight is 232 g/mol. The molecule has 3 rings (SSSR count). The summed E-state index contributed by atoms with van der Waals surface area (Å²) in [6, 6.07) is 6.82. The predicted octanol–water partition coefficient (Wildman–Crippen LogP) is 1.95. The van der Waals surface area contributed by atoms with Gasteiger partial charge in [-0.2, -0.15) is 0 Å². The van der Waals surface area contributed by atoms with E-state index in [1.165, 1.54) is 0 Å². The van der Waals surface area contributed by atoms with Crippen LogP contribution in [0.25, 0.3) is 0 Å². The van der Waals surface area contributed by atoms with Crippen LogP contribution in [-0.2, 0) is 9.53 Å². The standard InChI is InChI=1S/C13H12O4/c14-11(15)10-8-4-1-2-5-9(8)12(16)17-13(10)6-3-7-13/h1-2,4-5,10H,3,6-7H2,(H,14,15). The fourth-order valence-electron chi connectivity index (χ4n) is 2.79. The number of aliphatic carboxylic acids is 1. The molecule has 2 aliphatic rings. The number of fused-ring (bicyclic) bond motifs is 1. The second kappa shape index (κ2) is 3.32. The van der Waals surface area contributed by atoms with Gasteiger partial charge in [-0.1, -0.05) is 18.2 Å². The normalized spacial score (nSPS) is 24.7. The Hall–Kier alpha value is -1.84. The Morgan fingerprint density at radius 1 is 1.35 bits per heavy atom. The molecule has 4 nitrogen and oxygen atoms in total. The first-order chi connectivity index (χ1) is 8.14. The number of rotatable bonds is 1. The van der Waals surface area contributed by atoms with E-state index in [1.807, 2.05) is 0 Å². The third-order valence-electron chi connectivity index (χ3n) is 3.76. The summed E-state index contributed by atoms with van der Waals surface area (Å²) in [6.07, 6.45) is 2.20. The molecule has 1 atom stereocenters. The molecule has 1 spiro atoms. The van der Waals surface area contributed by atoms with Gasteiger partial charge in [-0.25, -0.2) is 4.79 Å². The van der Waals surface area contributed by atoms with Gasteiger partial charge in [0.15, 0.2) is 0 Å². The van der Waals surface area contributed by atoms with Crippen molar-refractivity contribution in [3.8, 4) is 0 Å². The first kappa shape index (κ1) is 10.3. The van der Waals surface area contributed by atoms with E-state index in [1.54, 1.807) is 24.3 Å². The van der Waals surface area contributed by atoms with Gasteiger partial charge in [-0.3, -0.25) is 4.79 Å². The molecule has 1 aliphatic carbocycles. The Morgan fingerprint density at radius 2 is 2.06 bits per heavy atom. The fourth-order valence-corrected chi connectivity index (χ4v) is 2.79. The zero-order chi connectivity index (χ0) is 12.0. The zero-order valence-electron chi connectivity index (χ0n) is 9.18. The number of benzene rings is 1. The molecule has 0 bridgehead atoms. The molecule has 1 aromatic rings. The lowest BCUT2D eigenvalue weighted by Crippen LogP contribution is -2.53. The molecule has 0 aromatic heterocycles. The van der Waals surface area contributed by atoms with Crippen LogP contribution in [0.15, 0.2) is 24.3 Å². The van der Waals surface area contributed by atoms with Crippen LogP contribution in [0.5, 0.6) is 0 Å². The predicted molar refractivity (Wildman–Crippen MR) is 58.8 cm³/mol. The molecule has 17 heavy (non-hydrogen) atoms. The molecule has 0 radical (unpaired) electrons. The van der Waals surface area contributed by atoms with Gasteiger partial charge in [0.2, 0.25) is 0 Å². The minimum Gasteiger partial charge on any atom is -0.481 e. The van der Waals surface area contributed by atoms with Crippen molar-refractivity contribution in [2.45, 2.75) is 30.8 Å². The van der Waals surface area contributed by atoms with E-state index in [9.17, 15) is 14.7 Å². The van der Waals surface area contributed by atoms with E-state index in [2.05, 4.69) is 0 Å². The Morgan fingerprint density at radius 3 is 2.65 bits per heavy atom. The molecule has 1 fully saturated rings. The zero-order valence-corrected chi connectivity index (χ0v) is 9.18.